The summed E-state index contributed by atoms with van der Waals surface area (Å²) in [5.41, 5.74) is 9.77. The van der Waals surface area contributed by atoms with Gasteiger partial charge in [0, 0.05) is 16.3 Å². The number of hydrogen-bond donors (Lipinski definition) is 3. The SMILES string of the molecule is NC(Cc1cccc(NC(=O)Cc2cn3nc(-c4ccc(Cl)cc4)ccc3n2)c1)C(=O)O. The molecule has 4 aromatic rings. The third-order valence-corrected chi connectivity index (χ3v) is 5.09. The monoisotopic (exact) mass is 449 g/mol. The van der Waals surface area contributed by atoms with Crippen LogP contribution in [-0.2, 0) is 22.4 Å². The number of aliphatic carboxylic acids is 1. The second kappa shape index (κ2) is 9.17. The van der Waals surface area contributed by atoms with Crippen LogP contribution in [-0.4, -0.2) is 37.6 Å². The second-order valence-corrected chi connectivity index (χ2v) is 7.77. The highest BCUT2D eigenvalue weighted by Gasteiger charge is 2.13. The predicted octanol–water partition coefficient (Wildman–Crippen LogP) is 3.19. The van der Waals surface area contributed by atoms with Crippen molar-refractivity contribution in [2.24, 2.45) is 5.73 Å². The molecule has 0 aliphatic carbocycles. The van der Waals surface area contributed by atoms with Crippen LogP contribution in [0.5, 0.6) is 0 Å². The maximum Gasteiger partial charge on any atom is 0.320 e. The number of imidazole rings is 1. The van der Waals surface area contributed by atoms with Gasteiger partial charge in [0.15, 0.2) is 5.65 Å². The van der Waals surface area contributed by atoms with Crippen molar-refractivity contribution in [3.63, 3.8) is 0 Å². The van der Waals surface area contributed by atoms with E-state index in [1.165, 1.54) is 0 Å². The lowest BCUT2D eigenvalue weighted by atomic mass is 10.1. The molecule has 0 saturated carbocycles. The number of nitrogens with two attached hydrogens (primary N) is 1. The molecule has 4 rings (SSSR count). The summed E-state index contributed by atoms with van der Waals surface area (Å²) >= 11 is 5.94. The van der Waals surface area contributed by atoms with Crippen molar-refractivity contribution in [1.29, 1.82) is 0 Å². The number of halogens is 1. The summed E-state index contributed by atoms with van der Waals surface area (Å²) in [5, 5.41) is 17.0. The molecule has 8 nitrogen and oxygen atoms in total. The van der Waals surface area contributed by atoms with Crippen molar-refractivity contribution in [3.8, 4) is 11.3 Å². The van der Waals surface area contributed by atoms with Crippen LogP contribution in [0.3, 0.4) is 0 Å². The third kappa shape index (κ3) is 5.11. The van der Waals surface area contributed by atoms with Gasteiger partial charge in [-0.2, -0.15) is 5.10 Å². The van der Waals surface area contributed by atoms with Gasteiger partial charge in [0.25, 0.3) is 0 Å². The number of carbonyl (C=O) groups is 2. The molecule has 1 unspecified atom stereocenters. The van der Waals surface area contributed by atoms with Gasteiger partial charge in [-0.25, -0.2) is 9.50 Å². The first-order valence-corrected chi connectivity index (χ1v) is 10.2. The molecule has 0 bridgehead atoms. The molecule has 0 spiro atoms. The number of carbonyl (C=O) groups excluding carboxylic acids is 1. The van der Waals surface area contributed by atoms with Crippen LogP contribution in [0.4, 0.5) is 5.69 Å². The minimum atomic E-state index is -1.07. The van der Waals surface area contributed by atoms with Gasteiger partial charge in [0.1, 0.15) is 6.04 Å². The van der Waals surface area contributed by atoms with Crippen LogP contribution in [0, 0.1) is 0 Å². The Labute approximate surface area is 188 Å². The van der Waals surface area contributed by atoms with Gasteiger partial charge in [-0.15, -0.1) is 0 Å². The Morgan fingerprint density at radius 3 is 2.66 bits per heavy atom. The smallest absolute Gasteiger partial charge is 0.320 e. The van der Waals surface area contributed by atoms with E-state index >= 15 is 0 Å². The van der Waals surface area contributed by atoms with E-state index < -0.39 is 12.0 Å². The lowest BCUT2D eigenvalue weighted by Gasteiger charge is -2.09. The summed E-state index contributed by atoms with van der Waals surface area (Å²) in [6, 6.07) is 17.0. The fraction of sp³-hybridized carbons (Fsp3) is 0.130. The zero-order chi connectivity index (χ0) is 22.7. The number of nitrogens with zero attached hydrogens (tertiary/aromatic N) is 3. The number of benzene rings is 2. The molecule has 1 amide bonds. The Kier molecular flexibility index (Phi) is 6.16. The number of hydrogen-bond acceptors (Lipinski definition) is 5. The van der Waals surface area contributed by atoms with Gasteiger partial charge in [-0.3, -0.25) is 9.59 Å². The molecular weight excluding hydrogens is 430 g/mol. The molecule has 32 heavy (non-hydrogen) atoms. The fourth-order valence-electron chi connectivity index (χ4n) is 3.28. The van der Waals surface area contributed by atoms with Crippen LogP contribution in [0.1, 0.15) is 11.3 Å². The summed E-state index contributed by atoms with van der Waals surface area (Å²) in [7, 11) is 0. The van der Waals surface area contributed by atoms with Crippen LogP contribution in [0.2, 0.25) is 5.02 Å². The lowest BCUT2D eigenvalue weighted by molar-refractivity contribution is -0.138. The number of aromatic nitrogens is 3. The zero-order valence-electron chi connectivity index (χ0n) is 16.9. The first-order chi connectivity index (χ1) is 15.4. The lowest BCUT2D eigenvalue weighted by Crippen LogP contribution is -2.32. The molecule has 1 atom stereocenters. The number of anilines is 1. The molecule has 2 aromatic heterocycles. The maximum atomic E-state index is 12.5. The number of carboxylic acid groups (broad SMARTS) is 1. The molecule has 2 aromatic carbocycles. The minimum Gasteiger partial charge on any atom is -0.480 e. The molecule has 162 valence electrons. The van der Waals surface area contributed by atoms with Crippen molar-refractivity contribution in [3.05, 3.63) is 83.1 Å². The minimum absolute atomic E-state index is 0.0680. The topological polar surface area (TPSA) is 123 Å². The first kappa shape index (κ1) is 21.5. The standard InChI is InChI=1S/C23H20ClN5O3/c24-16-6-4-15(5-7-16)20-8-9-21-26-18(13-29(21)28-20)12-22(30)27-17-3-1-2-14(10-17)11-19(25)23(31)32/h1-10,13,19H,11-12,25H2,(H,27,30)(H,31,32). The Balaban J connectivity index is 1.45. The molecule has 2 heterocycles. The van der Waals surface area contributed by atoms with Gasteiger partial charge < -0.3 is 16.2 Å². The summed E-state index contributed by atoms with van der Waals surface area (Å²) < 4.78 is 1.64. The molecule has 4 N–H and O–H groups in total. The molecule has 0 saturated heterocycles. The van der Waals surface area contributed by atoms with Crippen molar-refractivity contribution >= 4 is 34.8 Å². The van der Waals surface area contributed by atoms with Gasteiger partial charge in [0.2, 0.25) is 5.91 Å². The molecule has 9 heteroatoms. The Bertz CT molecular complexity index is 1290. The molecule has 0 aliphatic rings. The first-order valence-electron chi connectivity index (χ1n) is 9.86. The van der Waals surface area contributed by atoms with Gasteiger partial charge >= 0.3 is 5.97 Å². The number of rotatable bonds is 7. The number of nitrogens with one attached hydrogen (secondary N) is 1. The summed E-state index contributed by atoms with van der Waals surface area (Å²) in [6.45, 7) is 0. The van der Waals surface area contributed by atoms with Gasteiger partial charge in [-0.05, 0) is 48.4 Å². The largest absolute Gasteiger partial charge is 0.480 e. The quantitative estimate of drug-likeness (QED) is 0.398. The van der Waals surface area contributed by atoms with Gasteiger partial charge in [0.05, 0.1) is 24.0 Å². The van der Waals surface area contributed by atoms with Crippen LogP contribution in [0.15, 0.2) is 66.9 Å². The van der Waals surface area contributed by atoms with E-state index in [1.54, 1.807) is 47.1 Å². The van der Waals surface area contributed by atoms with Crippen LogP contribution >= 0.6 is 11.6 Å². The Morgan fingerprint density at radius 2 is 1.91 bits per heavy atom. The fourth-order valence-corrected chi connectivity index (χ4v) is 3.40. The van der Waals surface area contributed by atoms with E-state index in [-0.39, 0.29) is 18.7 Å². The Morgan fingerprint density at radius 1 is 1.12 bits per heavy atom. The molecular formula is C23H20ClN5O3. The number of carboxylic acids is 1. The zero-order valence-corrected chi connectivity index (χ0v) is 17.7. The third-order valence-electron chi connectivity index (χ3n) is 4.84. The normalized spacial score (nSPS) is 11.9. The summed E-state index contributed by atoms with van der Waals surface area (Å²) in [6.07, 6.45) is 1.96. The molecule has 0 aliphatic heterocycles. The number of fused-ring (bicyclic) bond motifs is 1. The average molecular weight is 450 g/mol. The highest BCUT2D eigenvalue weighted by atomic mass is 35.5. The average Bonchev–Trinajstić information content (AvgIpc) is 3.15. The van der Waals surface area contributed by atoms with E-state index in [0.29, 0.717) is 22.1 Å². The predicted molar refractivity (Wildman–Crippen MR) is 122 cm³/mol. The van der Waals surface area contributed by atoms with E-state index in [0.717, 1.165) is 16.8 Å². The van der Waals surface area contributed by atoms with E-state index in [1.807, 2.05) is 24.3 Å². The van der Waals surface area contributed by atoms with E-state index in [2.05, 4.69) is 15.4 Å². The van der Waals surface area contributed by atoms with Crippen molar-refractivity contribution < 1.29 is 14.7 Å². The van der Waals surface area contributed by atoms with Crippen molar-refractivity contribution in [1.82, 2.24) is 14.6 Å². The molecule has 0 fully saturated rings. The van der Waals surface area contributed by atoms with E-state index in [4.69, 9.17) is 22.4 Å². The van der Waals surface area contributed by atoms with Crippen molar-refractivity contribution in [2.75, 3.05) is 5.32 Å². The second-order valence-electron chi connectivity index (χ2n) is 7.33. The highest BCUT2D eigenvalue weighted by Crippen LogP contribution is 2.20. The van der Waals surface area contributed by atoms with Crippen LogP contribution in [0.25, 0.3) is 16.9 Å². The van der Waals surface area contributed by atoms with Crippen molar-refractivity contribution in [2.45, 2.75) is 18.9 Å². The number of amides is 1. The van der Waals surface area contributed by atoms with Gasteiger partial charge in [-0.1, -0.05) is 35.9 Å². The molecule has 0 radical (unpaired) electrons. The highest BCUT2D eigenvalue weighted by molar-refractivity contribution is 6.30. The summed E-state index contributed by atoms with van der Waals surface area (Å²) in [4.78, 5) is 27.9. The Hall–Kier alpha value is -3.75. The maximum absolute atomic E-state index is 12.5. The van der Waals surface area contributed by atoms with E-state index in [9.17, 15) is 9.59 Å². The summed E-state index contributed by atoms with van der Waals surface area (Å²) in [5.74, 6) is -1.31. The van der Waals surface area contributed by atoms with Crippen LogP contribution < -0.4 is 11.1 Å².